The van der Waals surface area contributed by atoms with Gasteiger partial charge in [0.25, 0.3) is 0 Å². The Hall–Kier alpha value is -2.74. The summed E-state index contributed by atoms with van der Waals surface area (Å²) in [6.07, 6.45) is 0. The van der Waals surface area contributed by atoms with Crippen molar-refractivity contribution in [2.75, 3.05) is 24.7 Å². The van der Waals surface area contributed by atoms with Crippen LogP contribution in [0.4, 0.5) is 11.4 Å². The van der Waals surface area contributed by atoms with Crippen molar-refractivity contribution in [3.8, 4) is 0 Å². The van der Waals surface area contributed by atoms with Crippen molar-refractivity contribution in [2.24, 2.45) is 0 Å². The summed E-state index contributed by atoms with van der Waals surface area (Å²) in [5.41, 5.74) is 6.17. The van der Waals surface area contributed by atoms with Crippen LogP contribution in [0.3, 0.4) is 0 Å². The van der Waals surface area contributed by atoms with Crippen LogP contribution in [-0.2, 0) is 0 Å². The van der Waals surface area contributed by atoms with E-state index in [4.69, 9.17) is 0 Å². The fourth-order valence-corrected chi connectivity index (χ4v) is 2.91. The number of benzene rings is 3. The van der Waals surface area contributed by atoms with Crippen molar-refractivity contribution >= 4 is 11.4 Å². The molecule has 2 N–H and O–H groups in total. The molecule has 0 aliphatic rings. The number of nitrogens with one attached hydrogen (secondary N) is 2. The first-order chi connectivity index (χ1) is 11.3. The van der Waals surface area contributed by atoms with Crippen LogP contribution < -0.4 is 10.6 Å². The van der Waals surface area contributed by atoms with Crippen LogP contribution >= 0.6 is 0 Å². The summed E-state index contributed by atoms with van der Waals surface area (Å²) < 4.78 is 0. The minimum atomic E-state index is 0.244. The normalized spacial score (nSPS) is 10.6. The second-order valence-electron chi connectivity index (χ2n) is 5.59. The standard InChI is InChI=1S/C21H22N2/c1-22-19-12-8-17(9-13-19)21(16-6-4-3-5-7-16)18-10-14-20(23-2)15-11-18/h3-15,21-23H,1-2H3. The highest BCUT2D eigenvalue weighted by molar-refractivity contribution is 5.52. The Bertz CT molecular complexity index is 684. The summed E-state index contributed by atoms with van der Waals surface area (Å²) in [5, 5.41) is 6.36. The number of rotatable bonds is 5. The third-order valence-electron chi connectivity index (χ3n) is 4.20. The zero-order valence-corrected chi connectivity index (χ0v) is 13.6. The molecule has 0 aliphatic heterocycles. The van der Waals surface area contributed by atoms with E-state index < -0.39 is 0 Å². The third-order valence-corrected chi connectivity index (χ3v) is 4.20. The van der Waals surface area contributed by atoms with E-state index in [1.165, 1.54) is 16.7 Å². The monoisotopic (exact) mass is 302 g/mol. The molecule has 2 heteroatoms. The van der Waals surface area contributed by atoms with Gasteiger partial charge in [0.05, 0.1) is 0 Å². The maximum absolute atomic E-state index is 3.18. The Balaban J connectivity index is 2.05. The van der Waals surface area contributed by atoms with Gasteiger partial charge in [0.15, 0.2) is 0 Å². The van der Waals surface area contributed by atoms with Gasteiger partial charge in [-0.05, 0) is 41.0 Å². The molecular formula is C21H22N2. The topological polar surface area (TPSA) is 24.1 Å². The predicted octanol–water partition coefficient (Wildman–Crippen LogP) is 4.95. The summed E-state index contributed by atoms with van der Waals surface area (Å²) in [4.78, 5) is 0. The van der Waals surface area contributed by atoms with Gasteiger partial charge in [-0.1, -0.05) is 54.6 Å². The second kappa shape index (κ2) is 7.01. The lowest BCUT2D eigenvalue weighted by Crippen LogP contribution is -2.04. The van der Waals surface area contributed by atoms with Crippen LogP contribution in [0, 0.1) is 0 Å². The first-order valence-electron chi connectivity index (χ1n) is 7.92. The lowest BCUT2D eigenvalue weighted by Gasteiger charge is -2.19. The second-order valence-corrected chi connectivity index (χ2v) is 5.59. The molecule has 0 aliphatic carbocycles. The van der Waals surface area contributed by atoms with E-state index in [-0.39, 0.29) is 5.92 Å². The maximum atomic E-state index is 3.18. The molecular weight excluding hydrogens is 280 g/mol. The molecule has 0 spiro atoms. The molecule has 3 aromatic rings. The average molecular weight is 302 g/mol. The van der Waals surface area contributed by atoms with Gasteiger partial charge in [-0.3, -0.25) is 0 Å². The van der Waals surface area contributed by atoms with Crippen molar-refractivity contribution in [1.29, 1.82) is 0 Å². The van der Waals surface area contributed by atoms with Crippen LogP contribution in [0.5, 0.6) is 0 Å². The first kappa shape index (κ1) is 15.2. The largest absolute Gasteiger partial charge is 0.388 e. The lowest BCUT2D eigenvalue weighted by molar-refractivity contribution is 0.978. The van der Waals surface area contributed by atoms with Gasteiger partial charge in [0.2, 0.25) is 0 Å². The Labute approximate surface area is 138 Å². The lowest BCUT2D eigenvalue weighted by atomic mass is 9.85. The zero-order chi connectivity index (χ0) is 16.1. The minimum absolute atomic E-state index is 0.244. The van der Waals surface area contributed by atoms with Crippen molar-refractivity contribution in [1.82, 2.24) is 0 Å². The Morgan fingerprint density at radius 2 is 0.913 bits per heavy atom. The maximum Gasteiger partial charge on any atom is 0.0340 e. The molecule has 0 radical (unpaired) electrons. The van der Waals surface area contributed by atoms with E-state index >= 15 is 0 Å². The highest BCUT2D eigenvalue weighted by Gasteiger charge is 2.16. The highest BCUT2D eigenvalue weighted by atomic mass is 14.8. The number of hydrogen-bond donors (Lipinski definition) is 2. The zero-order valence-electron chi connectivity index (χ0n) is 13.6. The Morgan fingerprint density at radius 1 is 0.522 bits per heavy atom. The van der Waals surface area contributed by atoms with Crippen molar-refractivity contribution in [2.45, 2.75) is 5.92 Å². The summed E-state index contributed by atoms with van der Waals surface area (Å²) in [6.45, 7) is 0. The third kappa shape index (κ3) is 3.37. The summed E-state index contributed by atoms with van der Waals surface area (Å²) in [5.74, 6) is 0.244. The Kier molecular flexibility index (Phi) is 4.62. The fourth-order valence-electron chi connectivity index (χ4n) is 2.91. The van der Waals surface area contributed by atoms with Gasteiger partial charge >= 0.3 is 0 Å². The molecule has 0 saturated heterocycles. The van der Waals surface area contributed by atoms with Gasteiger partial charge in [-0.25, -0.2) is 0 Å². The van der Waals surface area contributed by atoms with Crippen LogP contribution in [0.1, 0.15) is 22.6 Å². The minimum Gasteiger partial charge on any atom is -0.388 e. The predicted molar refractivity (Wildman–Crippen MR) is 99.4 cm³/mol. The van der Waals surface area contributed by atoms with Crippen LogP contribution in [0.15, 0.2) is 78.9 Å². The molecule has 0 amide bonds. The van der Waals surface area contributed by atoms with E-state index in [2.05, 4.69) is 89.5 Å². The van der Waals surface area contributed by atoms with E-state index in [1.54, 1.807) is 0 Å². The molecule has 23 heavy (non-hydrogen) atoms. The van der Waals surface area contributed by atoms with E-state index in [0.29, 0.717) is 0 Å². The molecule has 3 aromatic carbocycles. The van der Waals surface area contributed by atoms with E-state index in [1.807, 2.05) is 14.1 Å². The molecule has 0 bridgehead atoms. The van der Waals surface area contributed by atoms with Crippen molar-refractivity contribution in [3.63, 3.8) is 0 Å². The number of anilines is 2. The van der Waals surface area contributed by atoms with Gasteiger partial charge in [-0.2, -0.15) is 0 Å². The fraction of sp³-hybridized carbons (Fsp3) is 0.143. The molecule has 0 fully saturated rings. The van der Waals surface area contributed by atoms with E-state index in [0.717, 1.165) is 11.4 Å². The molecule has 0 atom stereocenters. The first-order valence-corrected chi connectivity index (χ1v) is 7.92. The average Bonchev–Trinajstić information content (AvgIpc) is 2.64. The summed E-state index contributed by atoms with van der Waals surface area (Å²) in [7, 11) is 3.89. The van der Waals surface area contributed by atoms with Crippen LogP contribution in [-0.4, -0.2) is 14.1 Å². The van der Waals surface area contributed by atoms with Crippen molar-refractivity contribution < 1.29 is 0 Å². The molecule has 0 aromatic heterocycles. The van der Waals surface area contributed by atoms with Gasteiger partial charge in [0.1, 0.15) is 0 Å². The summed E-state index contributed by atoms with van der Waals surface area (Å²) >= 11 is 0. The van der Waals surface area contributed by atoms with Gasteiger partial charge < -0.3 is 10.6 Å². The molecule has 3 rings (SSSR count). The molecule has 2 nitrogen and oxygen atoms in total. The SMILES string of the molecule is CNc1ccc(C(c2ccccc2)c2ccc(NC)cc2)cc1. The van der Waals surface area contributed by atoms with Crippen LogP contribution in [0.25, 0.3) is 0 Å². The van der Waals surface area contributed by atoms with Gasteiger partial charge in [0, 0.05) is 31.4 Å². The molecule has 0 heterocycles. The molecule has 0 unspecified atom stereocenters. The molecule has 116 valence electrons. The quantitative estimate of drug-likeness (QED) is 0.652. The smallest absolute Gasteiger partial charge is 0.0340 e. The summed E-state index contributed by atoms with van der Waals surface area (Å²) in [6, 6.07) is 28.0. The highest BCUT2D eigenvalue weighted by Crippen LogP contribution is 2.33. The van der Waals surface area contributed by atoms with Crippen LogP contribution in [0.2, 0.25) is 0 Å². The van der Waals surface area contributed by atoms with Crippen molar-refractivity contribution in [3.05, 3.63) is 95.6 Å². The molecule has 0 saturated carbocycles. The number of hydrogen-bond acceptors (Lipinski definition) is 2. The van der Waals surface area contributed by atoms with Gasteiger partial charge in [-0.15, -0.1) is 0 Å². The Morgan fingerprint density at radius 3 is 1.30 bits per heavy atom. The van der Waals surface area contributed by atoms with E-state index in [9.17, 15) is 0 Å².